The molecule has 1 aliphatic heterocycles. The van der Waals surface area contributed by atoms with Crippen LogP contribution in [0.4, 0.5) is 5.69 Å². The van der Waals surface area contributed by atoms with E-state index in [0.29, 0.717) is 10.7 Å². The third kappa shape index (κ3) is 4.75. The number of sulfone groups is 1. The van der Waals surface area contributed by atoms with Crippen LogP contribution in [0.2, 0.25) is 5.02 Å². The first-order valence-electron chi connectivity index (χ1n) is 8.06. The van der Waals surface area contributed by atoms with E-state index >= 15 is 0 Å². The normalized spacial score (nSPS) is 17.4. The Bertz CT molecular complexity index is 971. The van der Waals surface area contributed by atoms with Gasteiger partial charge in [0.15, 0.2) is 16.4 Å². The van der Waals surface area contributed by atoms with Crippen LogP contribution < -0.4 is 4.90 Å². The SMILES string of the molecule is O=C(OCC(=O)N(c1ccccc1)[C@@H]1C=CS(=O)(=O)C1)c1ccc(Cl)cc1. The molecule has 27 heavy (non-hydrogen) atoms. The predicted molar refractivity (Wildman–Crippen MR) is 102 cm³/mol. The van der Waals surface area contributed by atoms with E-state index in [-0.39, 0.29) is 11.3 Å². The molecule has 1 atom stereocenters. The van der Waals surface area contributed by atoms with Crippen LogP contribution in [-0.4, -0.2) is 38.7 Å². The summed E-state index contributed by atoms with van der Waals surface area (Å²) in [6, 6.07) is 14.1. The fraction of sp³-hybridized carbons (Fsp3) is 0.158. The van der Waals surface area contributed by atoms with Crippen molar-refractivity contribution in [3.05, 3.63) is 76.7 Å². The number of hydrogen-bond acceptors (Lipinski definition) is 5. The molecule has 2 aromatic rings. The maximum Gasteiger partial charge on any atom is 0.338 e. The molecule has 8 heteroatoms. The van der Waals surface area contributed by atoms with Gasteiger partial charge in [0.25, 0.3) is 5.91 Å². The first kappa shape index (κ1) is 19.1. The zero-order chi connectivity index (χ0) is 19.4. The molecule has 0 fully saturated rings. The van der Waals surface area contributed by atoms with E-state index < -0.39 is 34.4 Å². The van der Waals surface area contributed by atoms with Crippen molar-refractivity contribution in [1.29, 1.82) is 0 Å². The Morgan fingerprint density at radius 1 is 1.07 bits per heavy atom. The summed E-state index contributed by atoms with van der Waals surface area (Å²) < 4.78 is 28.6. The Hall–Kier alpha value is -2.64. The van der Waals surface area contributed by atoms with Crippen molar-refractivity contribution in [3.63, 3.8) is 0 Å². The van der Waals surface area contributed by atoms with Gasteiger partial charge < -0.3 is 9.64 Å². The van der Waals surface area contributed by atoms with E-state index in [1.165, 1.54) is 23.1 Å². The maximum absolute atomic E-state index is 12.7. The van der Waals surface area contributed by atoms with Gasteiger partial charge in [-0.25, -0.2) is 13.2 Å². The van der Waals surface area contributed by atoms with E-state index in [4.69, 9.17) is 16.3 Å². The summed E-state index contributed by atoms with van der Waals surface area (Å²) in [5.41, 5.74) is 0.790. The zero-order valence-electron chi connectivity index (χ0n) is 14.1. The number of nitrogens with zero attached hydrogens (tertiary/aromatic N) is 1. The molecule has 0 aliphatic carbocycles. The van der Waals surface area contributed by atoms with Crippen molar-refractivity contribution in [3.8, 4) is 0 Å². The lowest BCUT2D eigenvalue weighted by Gasteiger charge is -2.27. The fourth-order valence-electron chi connectivity index (χ4n) is 2.70. The van der Waals surface area contributed by atoms with Crippen LogP contribution in [0.5, 0.6) is 0 Å². The molecule has 0 aromatic heterocycles. The minimum Gasteiger partial charge on any atom is -0.452 e. The Balaban J connectivity index is 1.74. The second-order valence-electron chi connectivity index (χ2n) is 5.91. The van der Waals surface area contributed by atoms with Crippen molar-refractivity contribution in [2.45, 2.75) is 6.04 Å². The molecule has 0 saturated carbocycles. The second kappa shape index (κ2) is 7.94. The number of esters is 1. The number of rotatable bonds is 5. The van der Waals surface area contributed by atoms with E-state index in [9.17, 15) is 18.0 Å². The van der Waals surface area contributed by atoms with Gasteiger partial charge in [0, 0.05) is 16.1 Å². The van der Waals surface area contributed by atoms with E-state index in [1.54, 1.807) is 42.5 Å². The van der Waals surface area contributed by atoms with Gasteiger partial charge in [-0.3, -0.25) is 4.79 Å². The van der Waals surface area contributed by atoms with Gasteiger partial charge in [-0.1, -0.05) is 29.8 Å². The third-order valence-corrected chi connectivity index (χ3v) is 5.58. The molecule has 1 heterocycles. The largest absolute Gasteiger partial charge is 0.452 e. The highest BCUT2D eigenvalue weighted by molar-refractivity contribution is 7.94. The van der Waals surface area contributed by atoms with Gasteiger partial charge in [0.2, 0.25) is 0 Å². The number of amides is 1. The van der Waals surface area contributed by atoms with Crippen LogP contribution in [0, 0.1) is 0 Å². The molecule has 6 nitrogen and oxygen atoms in total. The topological polar surface area (TPSA) is 80.8 Å². The molecule has 0 radical (unpaired) electrons. The highest BCUT2D eigenvalue weighted by Crippen LogP contribution is 2.23. The Kier molecular flexibility index (Phi) is 5.62. The van der Waals surface area contributed by atoms with Gasteiger partial charge >= 0.3 is 5.97 Å². The summed E-state index contributed by atoms with van der Waals surface area (Å²) >= 11 is 5.78. The molecule has 0 bridgehead atoms. The Labute approximate surface area is 161 Å². The molecule has 2 aromatic carbocycles. The molecule has 0 N–H and O–H groups in total. The van der Waals surface area contributed by atoms with Crippen molar-refractivity contribution in [2.24, 2.45) is 0 Å². The number of benzene rings is 2. The average Bonchev–Trinajstić information content (AvgIpc) is 3.00. The quantitative estimate of drug-likeness (QED) is 0.714. The van der Waals surface area contributed by atoms with Crippen molar-refractivity contribution in [1.82, 2.24) is 0 Å². The lowest BCUT2D eigenvalue weighted by Crippen LogP contribution is -2.43. The number of carbonyl (C=O) groups excluding carboxylic acids is 2. The second-order valence-corrected chi connectivity index (χ2v) is 8.28. The minimum atomic E-state index is -3.36. The lowest BCUT2D eigenvalue weighted by atomic mass is 10.2. The minimum absolute atomic E-state index is 0.210. The molecule has 140 valence electrons. The molecular weight excluding hydrogens is 390 g/mol. The number of ether oxygens (including phenoxy) is 1. The van der Waals surface area contributed by atoms with Gasteiger partial charge in [-0.2, -0.15) is 0 Å². The van der Waals surface area contributed by atoms with Gasteiger partial charge in [0.05, 0.1) is 17.4 Å². The fourth-order valence-corrected chi connectivity index (χ4v) is 4.09. The maximum atomic E-state index is 12.7. The highest BCUT2D eigenvalue weighted by atomic mass is 35.5. The Morgan fingerprint density at radius 3 is 2.33 bits per heavy atom. The van der Waals surface area contributed by atoms with Crippen LogP contribution in [0.3, 0.4) is 0 Å². The number of anilines is 1. The summed E-state index contributed by atoms with van der Waals surface area (Å²) in [6.45, 7) is -0.513. The molecular formula is C19H16ClNO5S. The van der Waals surface area contributed by atoms with E-state index in [1.807, 2.05) is 0 Å². The highest BCUT2D eigenvalue weighted by Gasteiger charge is 2.31. The van der Waals surface area contributed by atoms with E-state index in [2.05, 4.69) is 0 Å². The first-order chi connectivity index (χ1) is 12.9. The lowest BCUT2D eigenvalue weighted by molar-refractivity contribution is -0.121. The third-order valence-electron chi connectivity index (χ3n) is 3.95. The predicted octanol–water partition coefficient (Wildman–Crippen LogP) is 2.84. The summed E-state index contributed by atoms with van der Waals surface area (Å²) in [6.07, 6.45) is 1.46. The average molecular weight is 406 g/mol. The number of halogens is 1. The van der Waals surface area contributed by atoms with Crippen LogP contribution in [0.1, 0.15) is 10.4 Å². The van der Waals surface area contributed by atoms with Gasteiger partial charge in [0.1, 0.15) is 0 Å². The van der Waals surface area contributed by atoms with Crippen molar-refractivity contribution >= 4 is 39.0 Å². The van der Waals surface area contributed by atoms with Crippen LogP contribution in [-0.2, 0) is 19.4 Å². The molecule has 1 amide bonds. The smallest absolute Gasteiger partial charge is 0.338 e. The molecule has 0 unspecified atom stereocenters. The summed E-state index contributed by atoms with van der Waals surface area (Å²) in [7, 11) is -3.36. The molecule has 0 spiro atoms. The first-order valence-corrected chi connectivity index (χ1v) is 10.2. The van der Waals surface area contributed by atoms with E-state index in [0.717, 1.165) is 5.41 Å². The zero-order valence-corrected chi connectivity index (χ0v) is 15.7. The number of para-hydroxylation sites is 1. The Morgan fingerprint density at radius 2 is 1.74 bits per heavy atom. The molecule has 1 aliphatic rings. The van der Waals surface area contributed by atoms with Crippen LogP contribution >= 0.6 is 11.6 Å². The number of hydrogen-bond donors (Lipinski definition) is 0. The van der Waals surface area contributed by atoms with Crippen molar-refractivity contribution in [2.75, 3.05) is 17.3 Å². The van der Waals surface area contributed by atoms with Crippen LogP contribution in [0.25, 0.3) is 0 Å². The monoisotopic (exact) mass is 405 g/mol. The number of carbonyl (C=O) groups is 2. The van der Waals surface area contributed by atoms with Gasteiger partial charge in [-0.15, -0.1) is 0 Å². The molecule has 3 rings (SSSR count). The summed E-state index contributed by atoms with van der Waals surface area (Å²) in [5.74, 6) is -1.39. The molecule has 0 saturated heterocycles. The summed E-state index contributed by atoms with van der Waals surface area (Å²) in [5, 5.41) is 1.58. The van der Waals surface area contributed by atoms with Crippen LogP contribution in [0.15, 0.2) is 66.1 Å². The standard InChI is InChI=1S/C19H16ClNO5S/c20-15-8-6-14(7-9-15)19(23)26-12-18(22)21(16-4-2-1-3-5-16)17-10-11-27(24,25)13-17/h1-11,17H,12-13H2/t17-/m1/s1. The van der Waals surface area contributed by atoms with Gasteiger partial charge in [-0.05, 0) is 42.5 Å². The van der Waals surface area contributed by atoms with Crippen molar-refractivity contribution < 1.29 is 22.7 Å². The summed E-state index contributed by atoms with van der Waals surface area (Å²) in [4.78, 5) is 26.2.